The molecule has 0 heterocycles. The Morgan fingerprint density at radius 1 is 0.457 bits per heavy atom. The largest absolute Gasteiger partial charge is 0.462 e. The molecule has 0 N–H and O–H groups in total. The summed E-state index contributed by atoms with van der Waals surface area (Å²) in [5.41, 5.74) is 0. The predicted molar refractivity (Wildman–Crippen MR) is 196 cm³/mol. The number of hydrogen-bond acceptors (Lipinski definition) is 5. The van der Waals surface area contributed by atoms with Crippen LogP contribution in [0, 0.1) is 0 Å². The van der Waals surface area contributed by atoms with Crippen molar-refractivity contribution in [2.45, 2.75) is 219 Å². The van der Waals surface area contributed by atoms with Gasteiger partial charge in [0.2, 0.25) is 0 Å². The van der Waals surface area contributed by atoms with Crippen molar-refractivity contribution < 1.29 is 23.8 Å². The third kappa shape index (κ3) is 35.5. The lowest BCUT2D eigenvalue weighted by atomic mass is 10.1. The van der Waals surface area contributed by atoms with Gasteiger partial charge in [-0.05, 0) is 44.9 Å². The van der Waals surface area contributed by atoms with Gasteiger partial charge in [0.05, 0.1) is 6.61 Å². The zero-order valence-corrected chi connectivity index (χ0v) is 31.1. The Morgan fingerprint density at radius 3 is 1.35 bits per heavy atom. The van der Waals surface area contributed by atoms with E-state index in [0.717, 1.165) is 44.9 Å². The highest BCUT2D eigenvalue weighted by Gasteiger charge is 2.17. The van der Waals surface area contributed by atoms with Crippen LogP contribution in [-0.2, 0) is 23.8 Å². The molecule has 0 rings (SSSR count). The van der Waals surface area contributed by atoms with Gasteiger partial charge in [-0.3, -0.25) is 9.59 Å². The van der Waals surface area contributed by atoms with Crippen molar-refractivity contribution in [2.75, 3.05) is 19.8 Å². The van der Waals surface area contributed by atoms with Gasteiger partial charge in [-0.1, -0.05) is 168 Å². The first kappa shape index (κ1) is 44.6. The molecule has 1 atom stereocenters. The topological polar surface area (TPSA) is 61.8 Å². The Labute approximate surface area is 286 Å². The fraction of sp³-hybridized carbons (Fsp3) is 0.902. The van der Waals surface area contributed by atoms with Crippen LogP contribution in [0.3, 0.4) is 0 Å². The Hall–Kier alpha value is -1.36. The van der Waals surface area contributed by atoms with Crippen LogP contribution >= 0.6 is 0 Å². The lowest BCUT2D eigenvalue weighted by molar-refractivity contribution is -0.163. The van der Waals surface area contributed by atoms with E-state index >= 15 is 0 Å². The molecule has 0 aliphatic carbocycles. The molecule has 0 saturated carbocycles. The summed E-state index contributed by atoms with van der Waals surface area (Å²) in [6, 6.07) is 0. The third-order valence-electron chi connectivity index (χ3n) is 8.80. The lowest BCUT2D eigenvalue weighted by Crippen LogP contribution is -2.30. The van der Waals surface area contributed by atoms with E-state index in [-0.39, 0.29) is 18.5 Å². The van der Waals surface area contributed by atoms with Crippen LogP contribution in [0.25, 0.3) is 0 Å². The Bertz CT molecular complexity index is 661. The molecule has 46 heavy (non-hydrogen) atoms. The summed E-state index contributed by atoms with van der Waals surface area (Å²) in [4.78, 5) is 25.0. The van der Waals surface area contributed by atoms with Gasteiger partial charge in [-0.2, -0.15) is 0 Å². The van der Waals surface area contributed by atoms with Crippen LogP contribution in [0.15, 0.2) is 12.2 Å². The number of allylic oxidation sites excluding steroid dienone is 2. The molecular weight excluding hydrogens is 572 g/mol. The number of hydrogen-bond donors (Lipinski definition) is 0. The second kappa shape index (κ2) is 38.1. The molecule has 0 aliphatic rings. The van der Waals surface area contributed by atoms with Crippen molar-refractivity contribution >= 4 is 11.9 Å². The van der Waals surface area contributed by atoms with E-state index in [9.17, 15) is 9.59 Å². The molecule has 0 bridgehead atoms. The maximum atomic E-state index is 12.6. The minimum Gasteiger partial charge on any atom is -0.462 e. The van der Waals surface area contributed by atoms with E-state index in [2.05, 4.69) is 32.9 Å². The first-order valence-electron chi connectivity index (χ1n) is 20.2. The summed E-state index contributed by atoms with van der Waals surface area (Å²) < 4.78 is 17.2. The molecule has 0 fully saturated rings. The quantitative estimate of drug-likeness (QED) is 0.0380. The van der Waals surface area contributed by atoms with Gasteiger partial charge in [0.1, 0.15) is 6.61 Å². The first-order chi connectivity index (χ1) is 22.6. The average molecular weight is 651 g/mol. The summed E-state index contributed by atoms with van der Waals surface area (Å²) in [5.74, 6) is -0.403. The maximum absolute atomic E-state index is 12.6. The second-order valence-electron chi connectivity index (χ2n) is 13.6. The summed E-state index contributed by atoms with van der Waals surface area (Å²) in [5, 5.41) is 0. The van der Waals surface area contributed by atoms with Crippen molar-refractivity contribution in [3.05, 3.63) is 12.2 Å². The van der Waals surface area contributed by atoms with E-state index in [1.807, 2.05) is 0 Å². The molecule has 0 spiro atoms. The second-order valence-corrected chi connectivity index (χ2v) is 13.6. The van der Waals surface area contributed by atoms with Crippen molar-refractivity contribution in [3.8, 4) is 0 Å². The number of rotatable bonds is 37. The highest BCUT2D eigenvalue weighted by Crippen LogP contribution is 2.13. The molecule has 272 valence electrons. The van der Waals surface area contributed by atoms with Gasteiger partial charge in [-0.15, -0.1) is 0 Å². The number of carbonyl (C=O) groups excluding carboxylic acids is 2. The predicted octanol–water partition coefficient (Wildman–Crippen LogP) is 12.8. The van der Waals surface area contributed by atoms with E-state index < -0.39 is 6.10 Å². The summed E-state index contributed by atoms with van der Waals surface area (Å²) in [6.07, 6.45) is 39.1. The SMILES string of the molecule is CCCCCC/C=C\CCCCCCCC(=O)OCC(COCCCCCCCCCC)OC(=O)CCCCCCCCCCC. The zero-order chi connectivity index (χ0) is 33.6. The number of esters is 2. The van der Waals surface area contributed by atoms with Gasteiger partial charge < -0.3 is 14.2 Å². The molecule has 0 aromatic rings. The standard InChI is InChI=1S/C41H78O5/c1-4-7-10-13-16-19-20-21-22-24-25-28-31-34-40(42)45-38-39(37-44-36-33-30-27-18-15-12-9-6-3)46-41(43)35-32-29-26-23-17-14-11-8-5-2/h19-20,39H,4-18,21-38H2,1-3H3/b20-19-. The molecule has 1 unspecified atom stereocenters. The highest BCUT2D eigenvalue weighted by atomic mass is 16.6. The molecule has 0 radical (unpaired) electrons. The van der Waals surface area contributed by atoms with Gasteiger partial charge in [0.15, 0.2) is 6.10 Å². The number of carbonyl (C=O) groups is 2. The van der Waals surface area contributed by atoms with Crippen LogP contribution in [0.2, 0.25) is 0 Å². The average Bonchev–Trinajstić information content (AvgIpc) is 3.05. The Kier molecular flexibility index (Phi) is 37.0. The van der Waals surface area contributed by atoms with Gasteiger partial charge in [0, 0.05) is 19.4 Å². The summed E-state index contributed by atoms with van der Waals surface area (Å²) in [7, 11) is 0. The monoisotopic (exact) mass is 651 g/mol. The molecular formula is C41H78O5. The normalized spacial score (nSPS) is 12.2. The smallest absolute Gasteiger partial charge is 0.306 e. The first-order valence-corrected chi connectivity index (χ1v) is 20.2. The molecule has 5 nitrogen and oxygen atoms in total. The zero-order valence-electron chi connectivity index (χ0n) is 31.1. The maximum Gasteiger partial charge on any atom is 0.306 e. The summed E-state index contributed by atoms with van der Waals surface area (Å²) in [6.45, 7) is 7.79. The third-order valence-corrected chi connectivity index (χ3v) is 8.80. The van der Waals surface area contributed by atoms with Crippen molar-refractivity contribution in [3.63, 3.8) is 0 Å². The van der Waals surface area contributed by atoms with Gasteiger partial charge in [-0.25, -0.2) is 0 Å². The molecule has 0 aliphatic heterocycles. The van der Waals surface area contributed by atoms with E-state index in [0.29, 0.717) is 26.1 Å². The van der Waals surface area contributed by atoms with Crippen LogP contribution < -0.4 is 0 Å². The fourth-order valence-electron chi connectivity index (χ4n) is 5.74. The van der Waals surface area contributed by atoms with Gasteiger partial charge >= 0.3 is 11.9 Å². The van der Waals surface area contributed by atoms with Crippen LogP contribution in [0.1, 0.15) is 213 Å². The van der Waals surface area contributed by atoms with Crippen LogP contribution in [0.5, 0.6) is 0 Å². The van der Waals surface area contributed by atoms with Crippen LogP contribution in [0.4, 0.5) is 0 Å². The molecule has 5 heteroatoms. The van der Waals surface area contributed by atoms with E-state index in [4.69, 9.17) is 14.2 Å². The highest BCUT2D eigenvalue weighted by molar-refractivity contribution is 5.70. The Balaban J connectivity index is 4.18. The number of unbranched alkanes of at least 4 members (excludes halogenated alkanes) is 24. The lowest BCUT2D eigenvalue weighted by Gasteiger charge is -2.18. The molecule has 0 aromatic heterocycles. The van der Waals surface area contributed by atoms with Crippen molar-refractivity contribution in [1.82, 2.24) is 0 Å². The molecule has 0 saturated heterocycles. The minimum atomic E-state index is -0.524. The van der Waals surface area contributed by atoms with Gasteiger partial charge in [0.25, 0.3) is 0 Å². The summed E-state index contributed by atoms with van der Waals surface area (Å²) >= 11 is 0. The van der Waals surface area contributed by atoms with Crippen LogP contribution in [-0.4, -0.2) is 37.9 Å². The van der Waals surface area contributed by atoms with Crippen molar-refractivity contribution in [2.24, 2.45) is 0 Å². The minimum absolute atomic E-state index is 0.0878. The molecule has 0 aromatic carbocycles. The van der Waals surface area contributed by atoms with Crippen molar-refractivity contribution in [1.29, 1.82) is 0 Å². The Morgan fingerprint density at radius 2 is 0.848 bits per heavy atom. The van der Waals surface area contributed by atoms with E-state index in [1.54, 1.807) is 0 Å². The fourth-order valence-corrected chi connectivity index (χ4v) is 5.74. The van der Waals surface area contributed by atoms with E-state index in [1.165, 1.54) is 135 Å². The number of ether oxygens (including phenoxy) is 3. The molecule has 0 amide bonds.